The fraction of sp³-hybridized carbons (Fsp3) is 0.500. The van der Waals surface area contributed by atoms with Gasteiger partial charge in [0.05, 0.1) is 36.5 Å². The fourth-order valence-corrected chi connectivity index (χ4v) is 5.24. The van der Waals surface area contributed by atoms with Gasteiger partial charge in [0, 0.05) is 51.3 Å². The zero-order valence-electron chi connectivity index (χ0n) is 21.9. The van der Waals surface area contributed by atoms with Crippen molar-refractivity contribution in [3.63, 3.8) is 0 Å². The minimum Gasteiger partial charge on any atom is -0.391 e. The zero-order valence-corrected chi connectivity index (χ0v) is 22.6. The number of β-amino-alcohol motifs (C(OH)–C–C–N with tert-alkyl or cyclic N) is 1. The standard InChI is InChI=1S/C26H32ClN7O5/c1-15-7-18(35)12-32(10-15)26-29-9-19(27)23(31-26)30-17-3-4-20-21(8-17)33(6-5-22(36)28-2)24(37)25(38)34(20)11-16-13-39-14-16/h3-4,8-9,15-16,18,35H,5-7,10-14H2,1-2H3,(H,28,36)(H,29,30,31)/t15-,18+/m0/s1. The van der Waals surface area contributed by atoms with Gasteiger partial charge in [-0.15, -0.1) is 0 Å². The maximum atomic E-state index is 13.2. The molecule has 5 rings (SSSR count). The Hall–Kier alpha value is -3.48. The second-order valence-corrected chi connectivity index (χ2v) is 10.7. The maximum Gasteiger partial charge on any atom is 0.316 e. The Labute approximate surface area is 229 Å². The van der Waals surface area contributed by atoms with Crippen molar-refractivity contribution < 1.29 is 14.6 Å². The summed E-state index contributed by atoms with van der Waals surface area (Å²) in [5, 5.41) is 16.3. The van der Waals surface area contributed by atoms with Crippen molar-refractivity contribution in [3.05, 3.63) is 50.1 Å². The van der Waals surface area contributed by atoms with Crippen molar-refractivity contribution in [2.75, 3.05) is 43.6 Å². The topological polar surface area (TPSA) is 144 Å². The smallest absolute Gasteiger partial charge is 0.316 e. The molecule has 0 saturated carbocycles. The molecule has 0 radical (unpaired) electrons. The van der Waals surface area contributed by atoms with E-state index in [9.17, 15) is 19.5 Å². The molecule has 2 saturated heterocycles. The lowest BCUT2D eigenvalue weighted by Gasteiger charge is -2.34. The first-order valence-corrected chi connectivity index (χ1v) is 13.4. The Bertz CT molecular complexity index is 1490. The number of halogens is 1. The van der Waals surface area contributed by atoms with Crippen LogP contribution in [0.1, 0.15) is 19.8 Å². The summed E-state index contributed by atoms with van der Waals surface area (Å²) < 4.78 is 8.09. The van der Waals surface area contributed by atoms with Gasteiger partial charge in [-0.05, 0) is 30.5 Å². The highest BCUT2D eigenvalue weighted by atomic mass is 35.5. The van der Waals surface area contributed by atoms with E-state index in [-0.39, 0.29) is 24.8 Å². The highest BCUT2D eigenvalue weighted by Gasteiger charge is 2.26. The number of aliphatic hydroxyl groups is 1. The zero-order chi connectivity index (χ0) is 27.7. The van der Waals surface area contributed by atoms with Gasteiger partial charge in [-0.2, -0.15) is 4.98 Å². The maximum absolute atomic E-state index is 13.2. The molecular formula is C26H32ClN7O5. The number of hydrogen-bond acceptors (Lipinski definition) is 9. The third-order valence-corrected chi connectivity index (χ3v) is 7.41. The summed E-state index contributed by atoms with van der Waals surface area (Å²) in [6, 6.07) is 5.31. The van der Waals surface area contributed by atoms with Gasteiger partial charge in [-0.3, -0.25) is 14.4 Å². The molecule has 2 aromatic heterocycles. The predicted octanol–water partition coefficient (Wildman–Crippen LogP) is 1.34. The second kappa shape index (κ2) is 11.3. The first kappa shape index (κ1) is 27.1. The summed E-state index contributed by atoms with van der Waals surface area (Å²) in [5.74, 6) is 1.03. The van der Waals surface area contributed by atoms with E-state index in [2.05, 4.69) is 27.5 Å². The fourth-order valence-electron chi connectivity index (χ4n) is 5.10. The van der Waals surface area contributed by atoms with Crippen molar-refractivity contribution in [1.82, 2.24) is 24.4 Å². The molecule has 4 heterocycles. The van der Waals surface area contributed by atoms with Crippen LogP contribution < -0.4 is 26.7 Å². The average Bonchev–Trinajstić information content (AvgIpc) is 2.88. The van der Waals surface area contributed by atoms with E-state index in [0.717, 1.165) is 13.0 Å². The number of aryl methyl sites for hydroxylation is 1. The molecule has 0 unspecified atom stereocenters. The molecular weight excluding hydrogens is 526 g/mol. The molecule has 2 aliphatic heterocycles. The highest BCUT2D eigenvalue weighted by molar-refractivity contribution is 6.32. The number of aromatic nitrogens is 4. The van der Waals surface area contributed by atoms with Crippen LogP contribution in [0.3, 0.4) is 0 Å². The van der Waals surface area contributed by atoms with Crippen LogP contribution in [0.5, 0.6) is 0 Å². The summed E-state index contributed by atoms with van der Waals surface area (Å²) >= 11 is 6.43. The number of nitrogens with one attached hydrogen (secondary N) is 2. The number of rotatable bonds is 8. The number of carbonyl (C=O) groups is 1. The van der Waals surface area contributed by atoms with Crippen LogP contribution in [-0.2, 0) is 22.6 Å². The van der Waals surface area contributed by atoms with Crippen LogP contribution in [0, 0.1) is 11.8 Å². The number of anilines is 3. The van der Waals surface area contributed by atoms with Gasteiger partial charge in [-0.1, -0.05) is 18.5 Å². The van der Waals surface area contributed by atoms with Crippen LogP contribution in [0.2, 0.25) is 5.02 Å². The van der Waals surface area contributed by atoms with Crippen LogP contribution in [0.15, 0.2) is 34.0 Å². The van der Waals surface area contributed by atoms with Gasteiger partial charge in [0.15, 0.2) is 5.82 Å². The lowest BCUT2D eigenvalue weighted by atomic mass is 9.98. The van der Waals surface area contributed by atoms with Crippen molar-refractivity contribution >= 4 is 46.0 Å². The Balaban J connectivity index is 1.52. The number of carbonyl (C=O) groups excluding carboxylic acids is 1. The number of aliphatic hydroxyl groups excluding tert-OH is 1. The van der Waals surface area contributed by atoms with Gasteiger partial charge in [0.2, 0.25) is 11.9 Å². The molecule has 208 valence electrons. The molecule has 39 heavy (non-hydrogen) atoms. The van der Waals surface area contributed by atoms with Gasteiger partial charge >= 0.3 is 11.1 Å². The number of hydrogen-bond donors (Lipinski definition) is 3. The Morgan fingerprint density at radius 2 is 1.95 bits per heavy atom. The second-order valence-electron chi connectivity index (χ2n) is 10.3. The van der Waals surface area contributed by atoms with E-state index in [4.69, 9.17) is 16.3 Å². The highest BCUT2D eigenvalue weighted by Crippen LogP contribution is 2.28. The lowest BCUT2D eigenvalue weighted by Crippen LogP contribution is -2.44. The van der Waals surface area contributed by atoms with Crippen molar-refractivity contribution in [1.29, 1.82) is 0 Å². The third-order valence-electron chi connectivity index (χ3n) is 7.13. The van der Waals surface area contributed by atoms with Crippen LogP contribution >= 0.6 is 11.6 Å². The number of amides is 1. The molecule has 0 bridgehead atoms. The van der Waals surface area contributed by atoms with Gasteiger partial charge < -0.3 is 34.5 Å². The van der Waals surface area contributed by atoms with E-state index in [1.54, 1.807) is 18.2 Å². The first-order chi connectivity index (χ1) is 18.7. The largest absolute Gasteiger partial charge is 0.391 e. The lowest BCUT2D eigenvalue weighted by molar-refractivity contribution is -0.120. The number of nitrogens with zero attached hydrogens (tertiary/aromatic N) is 5. The van der Waals surface area contributed by atoms with Crippen molar-refractivity contribution in [2.24, 2.45) is 11.8 Å². The molecule has 3 N–H and O–H groups in total. The normalized spacial score (nSPS) is 19.6. The molecule has 0 aliphatic carbocycles. The molecule has 1 amide bonds. The van der Waals surface area contributed by atoms with Crippen LogP contribution in [0.4, 0.5) is 17.5 Å². The van der Waals surface area contributed by atoms with Gasteiger partial charge in [0.1, 0.15) is 5.02 Å². The molecule has 3 aromatic rings. The quantitative estimate of drug-likeness (QED) is 0.349. The average molecular weight is 558 g/mol. The number of ether oxygens (including phenoxy) is 1. The summed E-state index contributed by atoms with van der Waals surface area (Å²) in [4.78, 5) is 49.1. The van der Waals surface area contributed by atoms with E-state index in [0.29, 0.717) is 65.7 Å². The number of fused-ring (bicyclic) bond motifs is 1. The molecule has 2 atom stereocenters. The monoisotopic (exact) mass is 557 g/mol. The number of piperidine rings is 1. The molecule has 12 nitrogen and oxygen atoms in total. The SMILES string of the molecule is CNC(=O)CCn1c(=O)c(=O)n(CC2COC2)c2ccc(Nc3nc(N4C[C@@H](C)C[C@@H](O)C4)ncc3Cl)cc21. The van der Waals surface area contributed by atoms with E-state index in [1.165, 1.54) is 22.4 Å². The van der Waals surface area contributed by atoms with Gasteiger partial charge in [0.25, 0.3) is 0 Å². The summed E-state index contributed by atoms with van der Waals surface area (Å²) in [6.07, 6.45) is 1.83. The van der Waals surface area contributed by atoms with Crippen molar-refractivity contribution in [3.8, 4) is 0 Å². The van der Waals surface area contributed by atoms with Gasteiger partial charge in [-0.25, -0.2) is 4.98 Å². The predicted molar refractivity (Wildman–Crippen MR) is 148 cm³/mol. The molecule has 2 aliphatic rings. The van der Waals surface area contributed by atoms with Crippen LogP contribution in [0.25, 0.3) is 11.0 Å². The van der Waals surface area contributed by atoms with Crippen molar-refractivity contribution in [2.45, 2.75) is 39.0 Å². The first-order valence-electron chi connectivity index (χ1n) is 13.0. The van der Waals surface area contributed by atoms with E-state index in [1.807, 2.05) is 4.90 Å². The molecule has 2 fully saturated rings. The Morgan fingerprint density at radius 1 is 1.18 bits per heavy atom. The van der Waals surface area contributed by atoms with E-state index < -0.39 is 17.2 Å². The summed E-state index contributed by atoms with van der Waals surface area (Å²) in [6.45, 7) is 4.71. The molecule has 13 heteroatoms. The molecule has 1 aromatic carbocycles. The third kappa shape index (κ3) is 5.77. The molecule has 0 spiro atoms. The minimum atomic E-state index is -0.691. The Kier molecular flexibility index (Phi) is 7.87. The Morgan fingerprint density at radius 3 is 2.64 bits per heavy atom. The summed E-state index contributed by atoms with van der Waals surface area (Å²) in [7, 11) is 1.52. The van der Waals surface area contributed by atoms with E-state index >= 15 is 0 Å². The number of benzene rings is 1. The summed E-state index contributed by atoms with van der Waals surface area (Å²) in [5.41, 5.74) is 0.357. The minimum absolute atomic E-state index is 0.0459. The van der Waals surface area contributed by atoms with Crippen LogP contribution in [-0.4, -0.2) is 69.6 Å².